The van der Waals surface area contributed by atoms with Crippen molar-refractivity contribution in [2.24, 2.45) is 0 Å². The molecule has 1 rings (SSSR count). The van der Waals surface area contributed by atoms with E-state index < -0.39 is 0 Å². The fraction of sp³-hybridized carbons (Fsp3) is 0.667. The van der Waals surface area contributed by atoms with Gasteiger partial charge in [-0.15, -0.1) is 0 Å². The van der Waals surface area contributed by atoms with Crippen LogP contribution in [0.2, 0.25) is 0 Å². The Labute approximate surface area is 119 Å². The average Bonchev–Trinajstić information content (AvgIpc) is 2.24. The number of benzene rings is 1. The van der Waals surface area contributed by atoms with Crippen LogP contribution >= 0.6 is 0 Å². The number of rotatable bonds is 2. The third kappa shape index (κ3) is 3.52. The lowest BCUT2D eigenvalue weighted by Gasteiger charge is -2.29. The van der Waals surface area contributed by atoms with Crippen molar-refractivity contribution in [3.8, 4) is 5.75 Å². The molecule has 19 heavy (non-hydrogen) atoms. The zero-order valence-electron chi connectivity index (χ0n) is 14.1. The van der Waals surface area contributed by atoms with Crippen LogP contribution in [0.3, 0.4) is 0 Å². The molecule has 1 nitrogen and oxygen atoms in total. The van der Waals surface area contributed by atoms with Gasteiger partial charge in [0.1, 0.15) is 5.75 Å². The number of hydrogen-bond acceptors (Lipinski definition) is 1. The Kier molecular flexibility index (Phi) is 4.39. The quantitative estimate of drug-likeness (QED) is 0.692. The zero-order valence-corrected chi connectivity index (χ0v) is 14.1. The van der Waals surface area contributed by atoms with E-state index in [1.165, 1.54) is 16.7 Å². The molecule has 108 valence electrons. The maximum atomic E-state index is 5.73. The van der Waals surface area contributed by atoms with E-state index in [0.717, 1.165) is 5.75 Å². The first kappa shape index (κ1) is 16.1. The highest BCUT2D eigenvalue weighted by Crippen LogP contribution is 2.40. The first-order valence-electron chi connectivity index (χ1n) is 7.21. The average molecular weight is 262 g/mol. The van der Waals surface area contributed by atoms with Crippen LogP contribution in [0.25, 0.3) is 0 Å². The lowest BCUT2D eigenvalue weighted by Crippen LogP contribution is -2.19. The van der Waals surface area contributed by atoms with Gasteiger partial charge < -0.3 is 4.74 Å². The van der Waals surface area contributed by atoms with Gasteiger partial charge in [0, 0.05) is 5.56 Å². The summed E-state index contributed by atoms with van der Waals surface area (Å²) in [7, 11) is 1.78. The molecule has 0 saturated heterocycles. The van der Waals surface area contributed by atoms with Crippen molar-refractivity contribution in [2.45, 2.75) is 72.1 Å². The molecule has 0 unspecified atom stereocenters. The van der Waals surface area contributed by atoms with E-state index in [0.29, 0.717) is 5.92 Å². The van der Waals surface area contributed by atoms with Gasteiger partial charge in [-0.05, 0) is 27.9 Å². The predicted molar refractivity (Wildman–Crippen MR) is 84.5 cm³/mol. The van der Waals surface area contributed by atoms with Gasteiger partial charge in [-0.25, -0.2) is 0 Å². The first-order chi connectivity index (χ1) is 8.48. The van der Waals surface area contributed by atoms with E-state index in [1.807, 2.05) is 0 Å². The molecule has 0 aliphatic rings. The smallest absolute Gasteiger partial charge is 0.126 e. The van der Waals surface area contributed by atoms with Crippen molar-refractivity contribution in [3.05, 3.63) is 28.8 Å². The third-order valence-corrected chi connectivity index (χ3v) is 3.62. The van der Waals surface area contributed by atoms with E-state index in [4.69, 9.17) is 4.74 Å². The number of ether oxygens (including phenoxy) is 1. The van der Waals surface area contributed by atoms with E-state index >= 15 is 0 Å². The van der Waals surface area contributed by atoms with Gasteiger partial charge in [-0.2, -0.15) is 0 Å². The van der Waals surface area contributed by atoms with Crippen LogP contribution in [0.4, 0.5) is 0 Å². The van der Waals surface area contributed by atoms with Crippen molar-refractivity contribution in [1.29, 1.82) is 0 Å². The zero-order chi connectivity index (χ0) is 15.0. The molecule has 1 heteroatoms. The first-order valence-corrected chi connectivity index (χ1v) is 7.21. The molecule has 0 spiro atoms. The highest BCUT2D eigenvalue weighted by Gasteiger charge is 2.26. The molecular weight excluding hydrogens is 232 g/mol. The molecule has 0 aromatic heterocycles. The maximum absolute atomic E-state index is 5.73. The minimum Gasteiger partial charge on any atom is -0.496 e. The Morgan fingerprint density at radius 1 is 0.895 bits per heavy atom. The van der Waals surface area contributed by atoms with Gasteiger partial charge in [-0.3, -0.25) is 0 Å². The Bertz CT molecular complexity index is 442. The van der Waals surface area contributed by atoms with E-state index in [9.17, 15) is 0 Å². The van der Waals surface area contributed by atoms with Crippen LogP contribution in [0.1, 0.15) is 78.0 Å². The molecule has 0 radical (unpaired) electrons. The molecule has 0 fully saturated rings. The van der Waals surface area contributed by atoms with Gasteiger partial charge in [0.05, 0.1) is 7.11 Å². The number of methoxy groups -OCH3 is 1. The molecule has 0 aliphatic heterocycles. The Balaban J connectivity index is 3.65. The fourth-order valence-corrected chi connectivity index (χ4v) is 2.30. The van der Waals surface area contributed by atoms with Crippen LogP contribution < -0.4 is 4.74 Å². The highest BCUT2D eigenvalue weighted by molar-refractivity contribution is 5.50. The molecule has 0 aliphatic carbocycles. The van der Waals surface area contributed by atoms with Crippen molar-refractivity contribution < 1.29 is 4.74 Å². The lowest BCUT2D eigenvalue weighted by atomic mass is 9.77. The minimum absolute atomic E-state index is 0.0935. The van der Waals surface area contributed by atoms with Crippen molar-refractivity contribution in [1.82, 2.24) is 0 Å². The van der Waals surface area contributed by atoms with Crippen molar-refractivity contribution in [2.75, 3.05) is 7.11 Å². The van der Waals surface area contributed by atoms with Crippen LogP contribution in [0.15, 0.2) is 12.1 Å². The summed E-state index contributed by atoms with van der Waals surface area (Å²) in [6.45, 7) is 18.0. The summed E-state index contributed by atoms with van der Waals surface area (Å²) in [6.07, 6.45) is 0. The summed E-state index contributed by atoms with van der Waals surface area (Å²) in [5.74, 6) is 1.54. The largest absolute Gasteiger partial charge is 0.496 e. The van der Waals surface area contributed by atoms with Crippen LogP contribution in [-0.2, 0) is 10.8 Å². The van der Waals surface area contributed by atoms with Crippen molar-refractivity contribution >= 4 is 0 Å². The topological polar surface area (TPSA) is 9.23 Å². The molecule has 1 aromatic rings. The Morgan fingerprint density at radius 3 is 1.74 bits per heavy atom. The second kappa shape index (κ2) is 5.19. The van der Waals surface area contributed by atoms with Gasteiger partial charge in [0.25, 0.3) is 0 Å². The molecule has 0 N–H and O–H groups in total. The molecule has 1 aromatic carbocycles. The molecule has 0 saturated carbocycles. The van der Waals surface area contributed by atoms with Gasteiger partial charge in [-0.1, -0.05) is 67.5 Å². The second-order valence-corrected chi connectivity index (χ2v) is 7.80. The summed E-state index contributed by atoms with van der Waals surface area (Å²) in [4.78, 5) is 0. The summed E-state index contributed by atoms with van der Waals surface area (Å²) < 4.78 is 5.73. The second-order valence-electron chi connectivity index (χ2n) is 7.80. The Morgan fingerprint density at radius 2 is 1.42 bits per heavy atom. The van der Waals surface area contributed by atoms with Gasteiger partial charge in [0.2, 0.25) is 0 Å². The maximum Gasteiger partial charge on any atom is 0.126 e. The molecule has 0 amide bonds. The SMILES string of the molecule is COc1c(C(C)C)cc(C(C)(C)C)cc1C(C)(C)C. The standard InChI is InChI=1S/C18H30O/c1-12(2)14-10-13(17(3,4)5)11-15(16(14)19-9)18(6,7)8/h10-12H,1-9H3. The van der Waals surface area contributed by atoms with E-state index in [1.54, 1.807) is 7.11 Å². The molecule has 0 heterocycles. The highest BCUT2D eigenvalue weighted by atomic mass is 16.5. The summed E-state index contributed by atoms with van der Waals surface area (Å²) >= 11 is 0. The van der Waals surface area contributed by atoms with Gasteiger partial charge in [0.15, 0.2) is 0 Å². The monoisotopic (exact) mass is 262 g/mol. The van der Waals surface area contributed by atoms with Crippen LogP contribution in [0.5, 0.6) is 5.75 Å². The molecular formula is C18H30O. The normalized spacial score (nSPS) is 12.9. The van der Waals surface area contributed by atoms with Crippen molar-refractivity contribution in [3.63, 3.8) is 0 Å². The van der Waals surface area contributed by atoms with E-state index in [2.05, 4.69) is 67.5 Å². The Hall–Kier alpha value is -0.980. The molecule has 0 bridgehead atoms. The summed E-state index contributed by atoms with van der Waals surface area (Å²) in [5, 5.41) is 0. The minimum atomic E-state index is 0.0935. The van der Waals surface area contributed by atoms with Crippen LogP contribution in [-0.4, -0.2) is 7.11 Å². The lowest BCUT2D eigenvalue weighted by molar-refractivity contribution is 0.389. The molecule has 0 atom stereocenters. The number of hydrogen-bond donors (Lipinski definition) is 0. The fourth-order valence-electron chi connectivity index (χ4n) is 2.30. The van der Waals surface area contributed by atoms with Gasteiger partial charge >= 0.3 is 0 Å². The van der Waals surface area contributed by atoms with Crippen LogP contribution in [0, 0.1) is 0 Å². The third-order valence-electron chi connectivity index (χ3n) is 3.62. The summed E-state index contributed by atoms with van der Waals surface area (Å²) in [5.41, 5.74) is 4.28. The van der Waals surface area contributed by atoms with E-state index in [-0.39, 0.29) is 10.8 Å². The summed E-state index contributed by atoms with van der Waals surface area (Å²) in [6, 6.07) is 4.64. The predicted octanol–water partition coefficient (Wildman–Crippen LogP) is 5.41.